The van der Waals surface area contributed by atoms with Crippen LogP contribution in [0.4, 0.5) is 10.3 Å². The average molecular weight is 420 g/mol. The summed E-state index contributed by atoms with van der Waals surface area (Å²) >= 11 is 0. The van der Waals surface area contributed by atoms with Crippen LogP contribution >= 0.6 is 0 Å². The van der Waals surface area contributed by atoms with E-state index >= 15 is 0 Å². The lowest BCUT2D eigenvalue weighted by Crippen LogP contribution is -2.52. The van der Waals surface area contributed by atoms with E-state index in [1.165, 1.54) is 19.2 Å². The molecule has 0 bridgehead atoms. The predicted octanol–water partition coefficient (Wildman–Crippen LogP) is 4.40. The van der Waals surface area contributed by atoms with Crippen LogP contribution in [0.15, 0.2) is 60.8 Å². The Morgan fingerprint density at radius 3 is 2.74 bits per heavy atom. The molecule has 1 N–H and O–H groups in total. The Balaban J connectivity index is 1.53. The lowest BCUT2D eigenvalue weighted by atomic mass is 9.96. The molecule has 160 valence electrons. The molecule has 31 heavy (non-hydrogen) atoms. The number of nitrogens with zero attached hydrogens (tertiary/aromatic N) is 3. The number of rotatable bonds is 5. The monoisotopic (exact) mass is 420 g/mol. The number of methoxy groups -OCH3 is 1. The van der Waals surface area contributed by atoms with E-state index in [2.05, 4.69) is 15.3 Å². The SMILES string of the molecule is COc1c(F)cccc1C(=O)N1CCC[C@@H](Nc2nccc(-c3ccccc3)n2)[C@@H]1C. The number of amides is 1. The van der Waals surface area contributed by atoms with Crippen molar-refractivity contribution in [2.45, 2.75) is 31.8 Å². The zero-order valence-electron chi connectivity index (χ0n) is 17.6. The van der Waals surface area contributed by atoms with Crippen LogP contribution in [-0.2, 0) is 0 Å². The Labute approximate surface area is 181 Å². The Bertz CT molecular complexity index is 1060. The maximum Gasteiger partial charge on any atom is 0.258 e. The minimum absolute atomic E-state index is 0.0197. The first-order valence-electron chi connectivity index (χ1n) is 10.4. The molecule has 0 saturated carbocycles. The van der Waals surface area contributed by atoms with Gasteiger partial charge in [0.2, 0.25) is 5.95 Å². The summed E-state index contributed by atoms with van der Waals surface area (Å²) in [5.41, 5.74) is 2.08. The molecule has 2 heterocycles. The summed E-state index contributed by atoms with van der Waals surface area (Å²) in [6.45, 7) is 2.59. The zero-order chi connectivity index (χ0) is 21.8. The molecule has 1 saturated heterocycles. The van der Waals surface area contributed by atoms with Crippen LogP contribution in [0.5, 0.6) is 5.75 Å². The molecule has 1 fully saturated rings. The molecule has 4 rings (SSSR count). The molecule has 0 radical (unpaired) electrons. The van der Waals surface area contributed by atoms with E-state index in [0.717, 1.165) is 24.1 Å². The van der Waals surface area contributed by atoms with Crippen molar-refractivity contribution < 1.29 is 13.9 Å². The lowest BCUT2D eigenvalue weighted by Gasteiger charge is -2.40. The number of benzene rings is 2. The van der Waals surface area contributed by atoms with Crippen molar-refractivity contribution in [1.82, 2.24) is 14.9 Å². The topological polar surface area (TPSA) is 67.3 Å². The highest BCUT2D eigenvalue weighted by Crippen LogP contribution is 2.28. The Kier molecular flexibility index (Phi) is 6.11. The number of hydrogen-bond donors (Lipinski definition) is 1. The van der Waals surface area contributed by atoms with E-state index in [1.54, 1.807) is 17.2 Å². The maximum atomic E-state index is 14.1. The fourth-order valence-corrected chi connectivity index (χ4v) is 4.03. The van der Waals surface area contributed by atoms with Crippen molar-refractivity contribution >= 4 is 11.9 Å². The van der Waals surface area contributed by atoms with E-state index in [9.17, 15) is 9.18 Å². The van der Waals surface area contributed by atoms with Crippen molar-refractivity contribution in [3.63, 3.8) is 0 Å². The van der Waals surface area contributed by atoms with Crippen LogP contribution in [0.2, 0.25) is 0 Å². The lowest BCUT2D eigenvalue weighted by molar-refractivity contribution is 0.0612. The molecule has 1 aromatic heterocycles. The number of piperidine rings is 1. The van der Waals surface area contributed by atoms with Gasteiger partial charge in [-0.1, -0.05) is 36.4 Å². The smallest absolute Gasteiger partial charge is 0.258 e. The summed E-state index contributed by atoms with van der Waals surface area (Å²) in [5.74, 6) is -0.280. The van der Waals surface area contributed by atoms with Gasteiger partial charge in [0.05, 0.1) is 18.4 Å². The zero-order valence-corrected chi connectivity index (χ0v) is 17.6. The highest BCUT2D eigenvalue weighted by Gasteiger charge is 2.33. The third kappa shape index (κ3) is 4.35. The number of aromatic nitrogens is 2. The minimum atomic E-state index is -0.543. The van der Waals surface area contributed by atoms with Crippen LogP contribution in [-0.4, -0.2) is 46.5 Å². The number of halogens is 1. The summed E-state index contributed by atoms with van der Waals surface area (Å²) in [4.78, 5) is 24.0. The molecule has 2 aromatic carbocycles. The first-order chi connectivity index (χ1) is 15.1. The van der Waals surface area contributed by atoms with Gasteiger partial charge < -0.3 is 15.0 Å². The van der Waals surface area contributed by atoms with Gasteiger partial charge in [-0.05, 0) is 38.0 Å². The number of likely N-dealkylation sites (tertiary alicyclic amines) is 1. The molecule has 0 spiro atoms. The summed E-state index contributed by atoms with van der Waals surface area (Å²) < 4.78 is 19.2. The van der Waals surface area contributed by atoms with Gasteiger partial charge in [0.25, 0.3) is 5.91 Å². The second-order valence-corrected chi connectivity index (χ2v) is 7.58. The summed E-state index contributed by atoms with van der Waals surface area (Å²) in [5, 5.41) is 3.40. The molecule has 1 aliphatic heterocycles. The summed E-state index contributed by atoms with van der Waals surface area (Å²) in [6, 6.07) is 16.0. The summed E-state index contributed by atoms with van der Waals surface area (Å²) in [6.07, 6.45) is 3.43. The van der Waals surface area contributed by atoms with Crippen molar-refractivity contribution in [2.75, 3.05) is 19.0 Å². The number of carbonyl (C=O) groups excluding carboxylic acids is 1. The van der Waals surface area contributed by atoms with E-state index in [4.69, 9.17) is 4.74 Å². The van der Waals surface area contributed by atoms with Gasteiger partial charge in [0.15, 0.2) is 11.6 Å². The van der Waals surface area contributed by atoms with Gasteiger partial charge in [-0.3, -0.25) is 4.79 Å². The quantitative estimate of drug-likeness (QED) is 0.663. The van der Waals surface area contributed by atoms with E-state index in [0.29, 0.717) is 12.5 Å². The second kappa shape index (κ2) is 9.12. The van der Waals surface area contributed by atoms with E-state index < -0.39 is 5.82 Å². The van der Waals surface area contributed by atoms with Crippen molar-refractivity contribution in [3.05, 3.63) is 72.2 Å². The first kappa shape index (κ1) is 20.8. The van der Waals surface area contributed by atoms with Crippen LogP contribution in [0.3, 0.4) is 0 Å². The normalized spacial score (nSPS) is 18.5. The summed E-state index contributed by atoms with van der Waals surface area (Å²) in [7, 11) is 1.37. The molecule has 3 aromatic rings. The number of para-hydroxylation sites is 1. The largest absolute Gasteiger partial charge is 0.493 e. The third-order valence-electron chi connectivity index (χ3n) is 5.69. The molecular weight excluding hydrogens is 395 g/mol. The number of hydrogen-bond acceptors (Lipinski definition) is 5. The van der Waals surface area contributed by atoms with Crippen LogP contribution < -0.4 is 10.1 Å². The molecule has 0 aliphatic carbocycles. The first-order valence-corrected chi connectivity index (χ1v) is 10.4. The molecule has 1 aliphatic rings. The maximum absolute atomic E-state index is 14.1. The van der Waals surface area contributed by atoms with E-state index in [1.807, 2.05) is 43.3 Å². The van der Waals surface area contributed by atoms with Crippen LogP contribution in [0, 0.1) is 5.82 Å². The molecular formula is C24H25FN4O2. The highest BCUT2D eigenvalue weighted by atomic mass is 19.1. The number of carbonyl (C=O) groups is 1. The number of anilines is 1. The van der Waals surface area contributed by atoms with Gasteiger partial charge in [0, 0.05) is 30.4 Å². The fraction of sp³-hybridized carbons (Fsp3) is 0.292. The highest BCUT2D eigenvalue weighted by molar-refractivity contribution is 5.97. The molecule has 6 nitrogen and oxygen atoms in total. The van der Waals surface area contributed by atoms with Crippen LogP contribution in [0.1, 0.15) is 30.1 Å². The Morgan fingerprint density at radius 2 is 1.97 bits per heavy atom. The van der Waals surface area contributed by atoms with Gasteiger partial charge in [-0.25, -0.2) is 14.4 Å². The van der Waals surface area contributed by atoms with Gasteiger partial charge >= 0.3 is 0 Å². The third-order valence-corrected chi connectivity index (χ3v) is 5.69. The fourth-order valence-electron chi connectivity index (χ4n) is 4.03. The molecule has 1 amide bonds. The van der Waals surface area contributed by atoms with Crippen molar-refractivity contribution in [2.24, 2.45) is 0 Å². The molecule has 7 heteroatoms. The van der Waals surface area contributed by atoms with Crippen molar-refractivity contribution in [1.29, 1.82) is 0 Å². The van der Waals surface area contributed by atoms with Gasteiger partial charge in [-0.2, -0.15) is 0 Å². The minimum Gasteiger partial charge on any atom is -0.493 e. The van der Waals surface area contributed by atoms with E-state index in [-0.39, 0.29) is 29.3 Å². The predicted molar refractivity (Wildman–Crippen MR) is 118 cm³/mol. The van der Waals surface area contributed by atoms with Gasteiger partial charge in [0.1, 0.15) is 0 Å². The van der Waals surface area contributed by atoms with Crippen LogP contribution in [0.25, 0.3) is 11.3 Å². The average Bonchev–Trinajstić information content (AvgIpc) is 2.80. The Hall–Kier alpha value is -3.48. The Morgan fingerprint density at radius 1 is 1.16 bits per heavy atom. The van der Waals surface area contributed by atoms with Gasteiger partial charge in [-0.15, -0.1) is 0 Å². The number of ether oxygens (including phenoxy) is 1. The second-order valence-electron chi connectivity index (χ2n) is 7.58. The standard InChI is InChI=1S/C24H25FN4O2/c1-16-20(27-24-26-14-13-21(28-24)17-8-4-3-5-9-17)12-7-15-29(16)23(30)18-10-6-11-19(25)22(18)31-2/h3-6,8-11,13-14,16,20H,7,12,15H2,1-2H3,(H,26,27,28)/t16-,20+/m0/s1. The number of nitrogens with one attached hydrogen (secondary N) is 1. The molecule has 0 unspecified atom stereocenters. The molecule has 2 atom stereocenters. The van der Waals surface area contributed by atoms with Crippen molar-refractivity contribution in [3.8, 4) is 17.0 Å².